The number of rotatable bonds is 4. The Kier molecular flexibility index (Phi) is 4.17. The number of aromatic nitrogens is 1. The third-order valence-electron chi connectivity index (χ3n) is 3.50. The lowest BCUT2D eigenvalue weighted by Crippen LogP contribution is -2.18. The molecule has 2 rings (SSSR count). The average molecular weight is 256 g/mol. The lowest BCUT2D eigenvalue weighted by molar-refractivity contribution is 0.403. The van der Waals surface area contributed by atoms with Gasteiger partial charge in [0.05, 0.1) is 19.3 Å². The van der Waals surface area contributed by atoms with Crippen LogP contribution in [0.3, 0.4) is 0 Å². The molecule has 0 aliphatic heterocycles. The molecule has 0 aliphatic rings. The second-order valence-electron chi connectivity index (χ2n) is 4.68. The van der Waals surface area contributed by atoms with Gasteiger partial charge in [-0.2, -0.15) is 0 Å². The first-order chi connectivity index (χ1) is 9.17. The van der Waals surface area contributed by atoms with E-state index in [4.69, 9.17) is 4.74 Å². The van der Waals surface area contributed by atoms with E-state index in [0.29, 0.717) is 0 Å². The first-order valence-corrected chi connectivity index (χ1v) is 6.39. The number of pyridine rings is 1. The molecule has 0 amide bonds. The molecule has 0 spiro atoms. The maximum Gasteiger partial charge on any atom is 0.142 e. The van der Waals surface area contributed by atoms with Crippen LogP contribution in [0.4, 0.5) is 0 Å². The summed E-state index contributed by atoms with van der Waals surface area (Å²) in [6.07, 6.45) is 3.55. The summed E-state index contributed by atoms with van der Waals surface area (Å²) < 4.78 is 5.40. The van der Waals surface area contributed by atoms with Gasteiger partial charge in [-0.05, 0) is 43.7 Å². The first kappa shape index (κ1) is 13.6. The molecule has 1 unspecified atom stereocenters. The van der Waals surface area contributed by atoms with Crippen LogP contribution in [0.25, 0.3) is 0 Å². The van der Waals surface area contributed by atoms with Crippen molar-refractivity contribution in [3.63, 3.8) is 0 Å². The zero-order chi connectivity index (χ0) is 13.8. The summed E-state index contributed by atoms with van der Waals surface area (Å²) in [7, 11) is 3.63. The number of aryl methyl sites for hydroxylation is 2. The molecular weight excluding hydrogens is 236 g/mol. The van der Waals surface area contributed by atoms with Crippen LogP contribution in [0.15, 0.2) is 36.7 Å². The molecule has 100 valence electrons. The van der Waals surface area contributed by atoms with E-state index in [2.05, 4.69) is 42.3 Å². The highest BCUT2D eigenvalue weighted by molar-refractivity contribution is 5.42. The van der Waals surface area contributed by atoms with Crippen molar-refractivity contribution < 1.29 is 4.74 Å². The second kappa shape index (κ2) is 5.85. The maximum absolute atomic E-state index is 5.40. The lowest BCUT2D eigenvalue weighted by Gasteiger charge is -2.20. The Morgan fingerprint density at radius 2 is 1.95 bits per heavy atom. The van der Waals surface area contributed by atoms with Gasteiger partial charge in [-0.3, -0.25) is 4.98 Å². The summed E-state index contributed by atoms with van der Waals surface area (Å²) in [6.45, 7) is 4.26. The summed E-state index contributed by atoms with van der Waals surface area (Å²) in [5.74, 6) is 0.806. The Balaban J connectivity index is 2.46. The van der Waals surface area contributed by atoms with Crippen molar-refractivity contribution in [2.75, 3.05) is 14.2 Å². The van der Waals surface area contributed by atoms with Gasteiger partial charge in [0.15, 0.2) is 0 Å². The Hall–Kier alpha value is -1.87. The van der Waals surface area contributed by atoms with E-state index in [-0.39, 0.29) is 6.04 Å². The first-order valence-electron chi connectivity index (χ1n) is 6.39. The minimum atomic E-state index is 0.109. The van der Waals surface area contributed by atoms with Crippen molar-refractivity contribution in [2.45, 2.75) is 19.9 Å². The summed E-state index contributed by atoms with van der Waals surface area (Å²) in [6, 6.07) is 8.63. The number of benzene rings is 1. The molecule has 1 aromatic heterocycles. The van der Waals surface area contributed by atoms with Crippen LogP contribution in [0.5, 0.6) is 5.75 Å². The van der Waals surface area contributed by atoms with E-state index in [9.17, 15) is 0 Å². The quantitative estimate of drug-likeness (QED) is 0.913. The highest BCUT2D eigenvalue weighted by Crippen LogP contribution is 2.29. The summed E-state index contributed by atoms with van der Waals surface area (Å²) in [5.41, 5.74) is 4.93. The van der Waals surface area contributed by atoms with Gasteiger partial charge in [0.25, 0.3) is 0 Å². The Labute approximate surface area is 114 Å². The van der Waals surface area contributed by atoms with Gasteiger partial charge in [0.1, 0.15) is 5.75 Å². The topological polar surface area (TPSA) is 34.2 Å². The molecule has 3 nitrogen and oxygen atoms in total. The van der Waals surface area contributed by atoms with Crippen LogP contribution < -0.4 is 10.1 Å². The lowest BCUT2D eigenvalue weighted by atomic mass is 9.96. The normalized spacial score (nSPS) is 12.2. The number of hydrogen-bond acceptors (Lipinski definition) is 3. The molecule has 1 N–H and O–H groups in total. The van der Waals surface area contributed by atoms with Crippen molar-refractivity contribution >= 4 is 0 Å². The molecule has 0 aliphatic carbocycles. The van der Waals surface area contributed by atoms with E-state index in [1.807, 2.05) is 13.1 Å². The van der Waals surface area contributed by atoms with Crippen LogP contribution >= 0.6 is 0 Å². The molecule has 1 aromatic carbocycles. The van der Waals surface area contributed by atoms with Crippen LogP contribution in [0.1, 0.15) is 28.3 Å². The summed E-state index contributed by atoms with van der Waals surface area (Å²) >= 11 is 0. The van der Waals surface area contributed by atoms with E-state index >= 15 is 0 Å². The van der Waals surface area contributed by atoms with Crippen molar-refractivity contribution in [3.05, 3.63) is 58.9 Å². The van der Waals surface area contributed by atoms with Crippen molar-refractivity contribution in [1.29, 1.82) is 0 Å². The van der Waals surface area contributed by atoms with E-state index in [1.165, 1.54) is 16.7 Å². The minimum absolute atomic E-state index is 0.109. The van der Waals surface area contributed by atoms with Crippen molar-refractivity contribution in [2.24, 2.45) is 0 Å². The molecule has 19 heavy (non-hydrogen) atoms. The number of nitrogens with zero attached hydrogens (tertiary/aromatic N) is 1. The van der Waals surface area contributed by atoms with Gasteiger partial charge in [0, 0.05) is 11.8 Å². The third kappa shape index (κ3) is 2.76. The Morgan fingerprint density at radius 1 is 1.16 bits per heavy atom. The van der Waals surface area contributed by atoms with E-state index in [0.717, 1.165) is 11.3 Å². The maximum atomic E-state index is 5.40. The van der Waals surface area contributed by atoms with Gasteiger partial charge in [-0.1, -0.05) is 18.2 Å². The monoisotopic (exact) mass is 256 g/mol. The molecule has 1 atom stereocenters. The van der Waals surface area contributed by atoms with Crippen molar-refractivity contribution in [3.8, 4) is 5.75 Å². The molecular formula is C16H20N2O. The summed E-state index contributed by atoms with van der Waals surface area (Å²) in [4.78, 5) is 4.11. The minimum Gasteiger partial charge on any atom is -0.495 e. The molecule has 3 heteroatoms. The van der Waals surface area contributed by atoms with E-state index in [1.54, 1.807) is 19.5 Å². The molecule has 0 radical (unpaired) electrons. The highest BCUT2D eigenvalue weighted by atomic mass is 16.5. The molecule has 0 saturated heterocycles. The van der Waals surface area contributed by atoms with E-state index < -0.39 is 0 Å². The fourth-order valence-corrected chi connectivity index (χ4v) is 2.25. The largest absolute Gasteiger partial charge is 0.495 e. The number of ether oxygens (including phenoxy) is 1. The van der Waals surface area contributed by atoms with Crippen LogP contribution in [0, 0.1) is 13.8 Å². The van der Waals surface area contributed by atoms with Gasteiger partial charge >= 0.3 is 0 Å². The van der Waals surface area contributed by atoms with Gasteiger partial charge in [0.2, 0.25) is 0 Å². The summed E-state index contributed by atoms with van der Waals surface area (Å²) in [5, 5.41) is 3.35. The average Bonchev–Trinajstić information content (AvgIpc) is 2.44. The Morgan fingerprint density at radius 3 is 2.58 bits per heavy atom. The predicted octanol–water partition coefficient (Wildman–Crippen LogP) is 3.02. The highest BCUT2D eigenvalue weighted by Gasteiger charge is 2.16. The SMILES string of the molecule is CNC(c1ccc(C)c(C)c1)c1ccncc1OC. The standard InChI is InChI=1S/C16H20N2O/c1-11-5-6-13(9-12(11)2)16(17-3)14-7-8-18-10-15(14)19-4/h5-10,16-17H,1-4H3. The van der Waals surface area contributed by atoms with Crippen LogP contribution in [-0.2, 0) is 0 Å². The molecule has 0 bridgehead atoms. The fraction of sp³-hybridized carbons (Fsp3) is 0.312. The number of methoxy groups -OCH3 is 1. The third-order valence-corrected chi connectivity index (χ3v) is 3.50. The van der Waals surface area contributed by atoms with Gasteiger partial charge in [-0.15, -0.1) is 0 Å². The van der Waals surface area contributed by atoms with Gasteiger partial charge < -0.3 is 10.1 Å². The predicted molar refractivity (Wildman–Crippen MR) is 77.6 cm³/mol. The fourth-order valence-electron chi connectivity index (χ4n) is 2.25. The number of nitrogens with one attached hydrogen (secondary N) is 1. The molecule has 0 fully saturated rings. The zero-order valence-electron chi connectivity index (χ0n) is 11.9. The smallest absolute Gasteiger partial charge is 0.142 e. The van der Waals surface area contributed by atoms with Crippen LogP contribution in [0.2, 0.25) is 0 Å². The molecule has 0 saturated carbocycles. The molecule has 1 heterocycles. The van der Waals surface area contributed by atoms with Crippen molar-refractivity contribution in [1.82, 2.24) is 10.3 Å². The van der Waals surface area contributed by atoms with Crippen LogP contribution in [-0.4, -0.2) is 19.1 Å². The zero-order valence-corrected chi connectivity index (χ0v) is 11.9. The van der Waals surface area contributed by atoms with Gasteiger partial charge in [-0.25, -0.2) is 0 Å². The number of hydrogen-bond donors (Lipinski definition) is 1. The molecule has 2 aromatic rings. The second-order valence-corrected chi connectivity index (χ2v) is 4.68. The Bertz CT molecular complexity index is 566.